The Bertz CT molecular complexity index is 1230. The first-order valence-electron chi connectivity index (χ1n) is 12.7. The van der Waals surface area contributed by atoms with Gasteiger partial charge >= 0.3 is 18.4 Å². The second-order valence-electron chi connectivity index (χ2n) is 9.95. The SMILES string of the molecule is O=C(Nc1ccc(C(=O)N2CCN(Cc3ccc(C(O)(C(F)(F)F)C(F)(F)F)cc3)CC2)cc1F)N[C@@H]1CCNC1. The van der Waals surface area contributed by atoms with Crippen LogP contribution in [-0.2, 0) is 12.1 Å². The van der Waals surface area contributed by atoms with Gasteiger partial charge in [0, 0.05) is 56.4 Å². The van der Waals surface area contributed by atoms with Crippen LogP contribution < -0.4 is 16.0 Å². The van der Waals surface area contributed by atoms with Crippen LogP contribution in [-0.4, -0.2) is 84.5 Å². The van der Waals surface area contributed by atoms with Gasteiger partial charge in [-0.15, -0.1) is 0 Å². The number of rotatable bonds is 6. The number of aliphatic hydroxyl groups is 1. The summed E-state index contributed by atoms with van der Waals surface area (Å²) in [6.45, 7) is 2.78. The Labute approximate surface area is 230 Å². The zero-order chi connectivity index (χ0) is 30.0. The van der Waals surface area contributed by atoms with Crippen LogP contribution in [0, 0.1) is 5.82 Å². The molecule has 3 amide bonds. The molecular formula is C26H28F7N5O3. The van der Waals surface area contributed by atoms with Crippen LogP contribution in [0.15, 0.2) is 42.5 Å². The Kier molecular flexibility index (Phi) is 8.80. The van der Waals surface area contributed by atoms with Gasteiger partial charge in [0.05, 0.1) is 5.69 Å². The number of amides is 3. The van der Waals surface area contributed by atoms with E-state index >= 15 is 0 Å². The van der Waals surface area contributed by atoms with Gasteiger partial charge < -0.3 is 26.0 Å². The Balaban J connectivity index is 1.31. The molecule has 2 saturated heterocycles. The number of alkyl halides is 6. The Morgan fingerprint density at radius 1 is 0.951 bits per heavy atom. The number of carbonyl (C=O) groups is 2. The summed E-state index contributed by atoms with van der Waals surface area (Å²) in [5.41, 5.74) is -5.91. The maximum atomic E-state index is 14.6. The largest absolute Gasteiger partial charge is 0.430 e. The molecule has 2 heterocycles. The highest BCUT2D eigenvalue weighted by Gasteiger charge is 2.71. The van der Waals surface area contributed by atoms with E-state index in [0.717, 1.165) is 31.2 Å². The van der Waals surface area contributed by atoms with Gasteiger partial charge in [-0.05, 0) is 36.7 Å². The highest BCUT2D eigenvalue weighted by Crippen LogP contribution is 2.50. The molecule has 0 aromatic heterocycles. The lowest BCUT2D eigenvalue weighted by Crippen LogP contribution is -2.53. The predicted octanol–water partition coefficient (Wildman–Crippen LogP) is 3.58. The fourth-order valence-electron chi connectivity index (χ4n) is 4.76. The van der Waals surface area contributed by atoms with Gasteiger partial charge in [-0.3, -0.25) is 9.69 Å². The highest BCUT2D eigenvalue weighted by molar-refractivity contribution is 5.95. The summed E-state index contributed by atoms with van der Waals surface area (Å²) in [5.74, 6) is -1.21. The molecule has 2 aromatic rings. The predicted molar refractivity (Wildman–Crippen MR) is 133 cm³/mol. The van der Waals surface area contributed by atoms with Gasteiger partial charge in [0.2, 0.25) is 0 Å². The van der Waals surface area contributed by atoms with Gasteiger partial charge in [-0.25, -0.2) is 9.18 Å². The van der Waals surface area contributed by atoms with E-state index in [1.807, 2.05) is 4.90 Å². The van der Waals surface area contributed by atoms with Crippen LogP contribution in [0.2, 0.25) is 0 Å². The lowest BCUT2D eigenvalue weighted by atomic mass is 9.91. The van der Waals surface area contributed by atoms with Crippen molar-refractivity contribution in [3.8, 4) is 0 Å². The molecule has 1 atom stereocenters. The quantitative estimate of drug-likeness (QED) is 0.386. The fraction of sp³-hybridized carbons (Fsp3) is 0.462. The van der Waals surface area contributed by atoms with Crippen molar-refractivity contribution in [1.82, 2.24) is 20.4 Å². The van der Waals surface area contributed by atoms with Crippen molar-refractivity contribution in [3.05, 3.63) is 65.0 Å². The van der Waals surface area contributed by atoms with E-state index in [0.29, 0.717) is 37.3 Å². The summed E-state index contributed by atoms with van der Waals surface area (Å²) in [4.78, 5) is 28.3. The fourth-order valence-corrected chi connectivity index (χ4v) is 4.76. The molecule has 8 nitrogen and oxygen atoms in total. The number of hydrogen-bond acceptors (Lipinski definition) is 5. The standard InChI is InChI=1S/C26H28F7N5O3/c27-20-13-17(3-6-21(20)36-23(40)35-19-7-8-34-14-19)22(39)38-11-9-37(10-12-38)15-16-1-4-18(5-2-16)24(41,25(28,29)30)26(31,32)33/h1-6,13,19,34,41H,7-12,14-15H2,(H2,35,36,40)/t19-/m1/s1. The second kappa shape index (κ2) is 11.8. The molecule has 41 heavy (non-hydrogen) atoms. The van der Waals surface area contributed by atoms with Crippen molar-refractivity contribution < 1.29 is 45.4 Å². The molecule has 15 heteroatoms. The van der Waals surface area contributed by atoms with E-state index in [2.05, 4.69) is 16.0 Å². The first kappa shape index (κ1) is 30.5. The average Bonchev–Trinajstić information content (AvgIpc) is 3.41. The summed E-state index contributed by atoms with van der Waals surface area (Å²) in [6.07, 6.45) is -11.2. The minimum Gasteiger partial charge on any atom is -0.369 e. The minimum atomic E-state index is -5.96. The van der Waals surface area contributed by atoms with Crippen molar-refractivity contribution in [1.29, 1.82) is 0 Å². The zero-order valence-electron chi connectivity index (χ0n) is 21.6. The van der Waals surface area contributed by atoms with E-state index in [1.165, 1.54) is 17.0 Å². The van der Waals surface area contributed by atoms with E-state index in [-0.39, 0.29) is 36.9 Å². The third kappa shape index (κ3) is 6.73. The summed E-state index contributed by atoms with van der Waals surface area (Å²) in [7, 11) is 0. The smallest absolute Gasteiger partial charge is 0.369 e. The van der Waals surface area contributed by atoms with Crippen molar-refractivity contribution >= 4 is 17.6 Å². The third-order valence-electron chi connectivity index (χ3n) is 7.12. The lowest BCUT2D eigenvalue weighted by molar-refractivity contribution is -0.376. The van der Waals surface area contributed by atoms with Crippen LogP contribution in [0.25, 0.3) is 0 Å². The van der Waals surface area contributed by atoms with Gasteiger partial charge in [0.1, 0.15) is 5.82 Å². The van der Waals surface area contributed by atoms with Gasteiger partial charge in [-0.1, -0.05) is 24.3 Å². The topological polar surface area (TPSA) is 96.9 Å². The van der Waals surface area contributed by atoms with Crippen LogP contribution >= 0.6 is 0 Å². The third-order valence-corrected chi connectivity index (χ3v) is 7.12. The molecule has 0 bridgehead atoms. The van der Waals surface area contributed by atoms with Crippen LogP contribution in [0.5, 0.6) is 0 Å². The molecule has 4 rings (SSSR count). The molecule has 224 valence electrons. The van der Waals surface area contributed by atoms with Crippen molar-refractivity contribution in [2.45, 2.75) is 37.0 Å². The van der Waals surface area contributed by atoms with Gasteiger partial charge in [0.15, 0.2) is 0 Å². The number of nitrogens with one attached hydrogen (secondary N) is 3. The first-order valence-corrected chi connectivity index (χ1v) is 12.7. The number of carbonyl (C=O) groups excluding carboxylic acids is 2. The van der Waals surface area contributed by atoms with Gasteiger partial charge in [-0.2, -0.15) is 26.3 Å². The molecule has 2 aliphatic heterocycles. The maximum absolute atomic E-state index is 14.6. The summed E-state index contributed by atoms with van der Waals surface area (Å²) in [5, 5.41) is 17.8. The number of halogens is 7. The molecular weight excluding hydrogens is 563 g/mol. The minimum absolute atomic E-state index is 0.0549. The number of hydrogen-bond donors (Lipinski definition) is 4. The highest BCUT2D eigenvalue weighted by atomic mass is 19.4. The molecule has 0 radical (unpaired) electrons. The van der Waals surface area contributed by atoms with E-state index in [9.17, 15) is 45.4 Å². The number of nitrogens with zero attached hydrogens (tertiary/aromatic N) is 2. The average molecular weight is 592 g/mol. The number of benzene rings is 2. The Hall–Kier alpha value is -3.43. The normalized spacial score (nSPS) is 18.8. The summed E-state index contributed by atoms with van der Waals surface area (Å²) < 4.78 is 93.2. The van der Waals surface area contributed by atoms with Crippen molar-refractivity contribution in [2.75, 3.05) is 44.6 Å². The summed E-state index contributed by atoms with van der Waals surface area (Å²) in [6, 6.07) is 6.48. The van der Waals surface area contributed by atoms with E-state index < -0.39 is 41.3 Å². The maximum Gasteiger partial charge on any atom is 0.430 e. The molecule has 2 fully saturated rings. The van der Waals surface area contributed by atoms with Crippen LogP contribution in [0.1, 0.15) is 27.9 Å². The zero-order valence-corrected chi connectivity index (χ0v) is 21.6. The molecule has 4 N–H and O–H groups in total. The molecule has 0 saturated carbocycles. The van der Waals surface area contributed by atoms with Crippen LogP contribution in [0.3, 0.4) is 0 Å². The first-order chi connectivity index (χ1) is 19.2. The molecule has 0 spiro atoms. The number of urea groups is 1. The second-order valence-corrected chi connectivity index (χ2v) is 9.95. The van der Waals surface area contributed by atoms with Gasteiger partial charge in [0.25, 0.3) is 11.5 Å². The molecule has 0 unspecified atom stereocenters. The number of anilines is 1. The van der Waals surface area contributed by atoms with Crippen molar-refractivity contribution in [2.24, 2.45) is 0 Å². The monoisotopic (exact) mass is 591 g/mol. The van der Waals surface area contributed by atoms with Crippen molar-refractivity contribution in [3.63, 3.8) is 0 Å². The molecule has 0 aliphatic carbocycles. The van der Waals surface area contributed by atoms with Crippen LogP contribution in [0.4, 0.5) is 41.2 Å². The van der Waals surface area contributed by atoms with E-state index in [1.54, 1.807) is 0 Å². The number of piperazine rings is 1. The van der Waals surface area contributed by atoms with E-state index in [4.69, 9.17) is 0 Å². The lowest BCUT2D eigenvalue weighted by Gasteiger charge is -2.35. The molecule has 2 aliphatic rings. The Morgan fingerprint density at radius 2 is 1.59 bits per heavy atom. The summed E-state index contributed by atoms with van der Waals surface area (Å²) >= 11 is 0. The Morgan fingerprint density at radius 3 is 2.12 bits per heavy atom. The molecule has 2 aromatic carbocycles.